The minimum atomic E-state index is -0.274. The van der Waals surface area contributed by atoms with Crippen LogP contribution in [0.15, 0.2) is 51.4 Å². The van der Waals surface area contributed by atoms with Gasteiger partial charge in [-0.05, 0) is 45.0 Å². The largest absolute Gasteiger partial charge is 0.508 e. The van der Waals surface area contributed by atoms with E-state index in [1.54, 1.807) is 41.2 Å². The summed E-state index contributed by atoms with van der Waals surface area (Å²) in [7, 11) is 0. The zero-order chi connectivity index (χ0) is 14.0. The molecule has 19 heavy (non-hydrogen) atoms. The SMILES string of the molecule is CC(C)(C)n1ccnc(Sc2ccc(O)cc2)c1=O. The van der Waals surface area contributed by atoms with Crippen LogP contribution in [-0.2, 0) is 5.54 Å². The van der Waals surface area contributed by atoms with Gasteiger partial charge in [0.15, 0.2) is 5.03 Å². The number of rotatable bonds is 2. The Hall–Kier alpha value is -1.75. The first-order chi connectivity index (χ1) is 8.88. The fraction of sp³-hybridized carbons (Fsp3) is 0.286. The number of benzene rings is 1. The molecule has 5 heteroatoms. The lowest BCUT2D eigenvalue weighted by Crippen LogP contribution is -2.34. The molecule has 0 unspecified atom stereocenters. The van der Waals surface area contributed by atoms with Crippen LogP contribution in [0.2, 0.25) is 0 Å². The first kappa shape index (κ1) is 13.7. The van der Waals surface area contributed by atoms with Crippen molar-refractivity contribution in [2.24, 2.45) is 0 Å². The van der Waals surface area contributed by atoms with Crippen LogP contribution in [0.25, 0.3) is 0 Å². The molecule has 0 aliphatic rings. The highest BCUT2D eigenvalue weighted by Crippen LogP contribution is 2.25. The van der Waals surface area contributed by atoms with Gasteiger partial charge in [-0.2, -0.15) is 0 Å². The average Bonchev–Trinajstić information content (AvgIpc) is 2.33. The minimum absolute atomic E-state index is 0.104. The predicted octanol–water partition coefficient (Wildman–Crippen LogP) is 2.86. The van der Waals surface area contributed by atoms with E-state index in [-0.39, 0.29) is 16.8 Å². The highest BCUT2D eigenvalue weighted by Gasteiger charge is 2.17. The smallest absolute Gasteiger partial charge is 0.283 e. The lowest BCUT2D eigenvalue weighted by Gasteiger charge is -2.22. The maximum absolute atomic E-state index is 12.3. The molecular weight excluding hydrogens is 260 g/mol. The van der Waals surface area contributed by atoms with Crippen molar-refractivity contribution in [1.29, 1.82) is 0 Å². The molecule has 2 rings (SSSR count). The number of aromatic hydroxyl groups is 1. The molecule has 100 valence electrons. The second kappa shape index (κ2) is 5.09. The second-order valence-corrected chi connectivity index (χ2v) is 6.24. The van der Waals surface area contributed by atoms with Crippen molar-refractivity contribution in [2.75, 3.05) is 0 Å². The Morgan fingerprint density at radius 1 is 1.21 bits per heavy atom. The fourth-order valence-electron chi connectivity index (χ4n) is 1.62. The summed E-state index contributed by atoms with van der Waals surface area (Å²) in [5.41, 5.74) is -0.377. The van der Waals surface area contributed by atoms with Gasteiger partial charge in [-0.25, -0.2) is 4.98 Å². The summed E-state index contributed by atoms with van der Waals surface area (Å²) in [4.78, 5) is 17.3. The summed E-state index contributed by atoms with van der Waals surface area (Å²) in [6.07, 6.45) is 3.33. The first-order valence-electron chi connectivity index (χ1n) is 5.93. The molecule has 1 N–H and O–H groups in total. The maximum atomic E-state index is 12.3. The molecule has 1 heterocycles. The zero-order valence-electron chi connectivity index (χ0n) is 11.1. The van der Waals surface area contributed by atoms with Crippen molar-refractivity contribution in [3.63, 3.8) is 0 Å². The van der Waals surface area contributed by atoms with Gasteiger partial charge in [0.1, 0.15) is 5.75 Å². The van der Waals surface area contributed by atoms with Gasteiger partial charge in [-0.3, -0.25) is 4.79 Å². The molecule has 4 nitrogen and oxygen atoms in total. The van der Waals surface area contributed by atoms with Crippen molar-refractivity contribution in [3.05, 3.63) is 47.0 Å². The monoisotopic (exact) mass is 276 g/mol. The normalized spacial score (nSPS) is 11.5. The maximum Gasteiger partial charge on any atom is 0.283 e. The van der Waals surface area contributed by atoms with E-state index in [1.165, 1.54) is 11.8 Å². The Morgan fingerprint density at radius 3 is 2.42 bits per heavy atom. The Morgan fingerprint density at radius 2 is 1.84 bits per heavy atom. The summed E-state index contributed by atoms with van der Waals surface area (Å²) in [6.45, 7) is 5.93. The number of hydrogen-bond acceptors (Lipinski definition) is 4. The van der Waals surface area contributed by atoms with E-state index in [0.29, 0.717) is 5.03 Å². The summed E-state index contributed by atoms with van der Waals surface area (Å²) >= 11 is 1.30. The second-order valence-electron chi connectivity index (χ2n) is 5.17. The lowest BCUT2D eigenvalue weighted by molar-refractivity contribution is 0.377. The summed E-state index contributed by atoms with van der Waals surface area (Å²) in [5.74, 6) is 0.206. The van der Waals surface area contributed by atoms with E-state index in [2.05, 4.69) is 4.98 Å². The highest BCUT2D eigenvalue weighted by molar-refractivity contribution is 7.99. The summed E-state index contributed by atoms with van der Waals surface area (Å²) in [5, 5.41) is 9.67. The topological polar surface area (TPSA) is 55.1 Å². The van der Waals surface area contributed by atoms with Crippen LogP contribution >= 0.6 is 11.8 Å². The van der Waals surface area contributed by atoms with Crippen LogP contribution in [0.1, 0.15) is 20.8 Å². The Kier molecular flexibility index (Phi) is 3.66. The highest BCUT2D eigenvalue weighted by atomic mass is 32.2. The summed E-state index contributed by atoms with van der Waals surface area (Å²) < 4.78 is 1.67. The molecule has 0 amide bonds. The number of nitrogens with zero attached hydrogens (tertiary/aromatic N) is 2. The number of aromatic nitrogens is 2. The molecule has 0 aliphatic carbocycles. The molecule has 0 radical (unpaired) electrons. The van der Waals surface area contributed by atoms with Crippen molar-refractivity contribution < 1.29 is 5.11 Å². The molecule has 2 aromatic rings. The fourth-order valence-corrected chi connectivity index (χ4v) is 2.41. The average molecular weight is 276 g/mol. The Labute approximate surface area is 116 Å². The summed E-state index contributed by atoms with van der Waals surface area (Å²) in [6, 6.07) is 6.70. The molecule has 0 saturated carbocycles. The van der Waals surface area contributed by atoms with Gasteiger partial charge in [0.25, 0.3) is 5.56 Å². The van der Waals surface area contributed by atoms with Crippen molar-refractivity contribution in [3.8, 4) is 5.75 Å². The Balaban J connectivity index is 2.37. The third-order valence-electron chi connectivity index (χ3n) is 2.58. The third kappa shape index (κ3) is 3.17. The van der Waals surface area contributed by atoms with Gasteiger partial charge in [-0.15, -0.1) is 0 Å². The van der Waals surface area contributed by atoms with Gasteiger partial charge in [0.2, 0.25) is 0 Å². The molecule has 0 fully saturated rings. The van der Waals surface area contributed by atoms with Crippen molar-refractivity contribution in [2.45, 2.75) is 36.2 Å². The van der Waals surface area contributed by atoms with Gasteiger partial charge in [0, 0.05) is 22.8 Å². The van der Waals surface area contributed by atoms with Crippen LogP contribution in [0.4, 0.5) is 0 Å². The van der Waals surface area contributed by atoms with Gasteiger partial charge >= 0.3 is 0 Å². The quantitative estimate of drug-likeness (QED) is 0.916. The third-order valence-corrected chi connectivity index (χ3v) is 3.56. The van der Waals surface area contributed by atoms with Crippen LogP contribution in [-0.4, -0.2) is 14.7 Å². The van der Waals surface area contributed by atoms with Crippen LogP contribution in [0, 0.1) is 0 Å². The molecule has 0 spiro atoms. The molecular formula is C14H16N2O2S. The van der Waals surface area contributed by atoms with Gasteiger partial charge < -0.3 is 9.67 Å². The number of hydrogen-bond donors (Lipinski definition) is 1. The van der Waals surface area contributed by atoms with E-state index >= 15 is 0 Å². The molecule has 0 aliphatic heterocycles. The van der Waals surface area contributed by atoms with Crippen LogP contribution in [0.3, 0.4) is 0 Å². The van der Waals surface area contributed by atoms with E-state index in [0.717, 1.165) is 4.90 Å². The lowest BCUT2D eigenvalue weighted by atomic mass is 10.1. The number of phenolic OH excluding ortho intramolecular Hbond substituents is 1. The standard InChI is InChI=1S/C14H16N2O2S/c1-14(2,3)16-9-8-15-12(13(16)18)19-11-6-4-10(17)5-7-11/h4-9,17H,1-3H3. The van der Waals surface area contributed by atoms with Gasteiger partial charge in [-0.1, -0.05) is 11.8 Å². The molecule has 1 aromatic carbocycles. The van der Waals surface area contributed by atoms with Crippen LogP contribution < -0.4 is 5.56 Å². The van der Waals surface area contributed by atoms with Crippen LogP contribution in [0.5, 0.6) is 5.75 Å². The predicted molar refractivity (Wildman–Crippen MR) is 75.7 cm³/mol. The molecule has 0 atom stereocenters. The Bertz CT molecular complexity index is 627. The van der Waals surface area contributed by atoms with E-state index in [9.17, 15) is 9.90 Å². The van der Waals surface area contributed by atoms with Crippen molar-refractivity contribution >= 4 is 11.8 Å². The van der Waals surface area contributed by atoms with E-state index in [1.807, 2.05) is 20.8 Å². The minimum Gasteiger partial charge on any atom is -0.508 e. The molecule has 1 aromatic heterocycles. The van der Waals surface area contributed by atoms with Gasteiger partial charge in [0.05, 0.1) is 0 Å². The first-order valence-corrected chi connectivity index (χ1v) is 6.74. The van der Waals surface area contributed by atoms with E-state index < -0.39 is 0 Å². The van der Waals surface area contributed by atoms with Crippen molar-refractivity contribution in [1.82, 2.24) is 9.55 Å². The number of phenols is 1. The molecule has 0 bridgehead atoms. The molecule has 0 saturated heterocycles. The zero-order valence-corrected chi connectivity index (χ0v) is 11.9. The van der Waals surface area contributed by atoms with E-state index in [4.69, 9.17) is 0 Å².